The summed E-state index contributed by atoms with van der Waals surface area (Å²) in [6.45, 7) is 6.25. The summed E-state index contributed by atoms with van der Waals surface area (Å²) in [5.74, 6) is 0.482. The molecule has 0 N–H and O–H groups in total. The molecule has 0 amide bonds. The van der Waals surface area contributed by atoms with Gasteiger partial charge in [0.1, 0.15) is 6.07 Å². The predicted molar refractivity (Wildman–Crippen MR) is 49.0 cm³/mol. The van der Waals surface area contributed by atoms with Crippen molar-refractivity contribution in [3.8, 4) is 6.07 Å². The molecule has 2 heteroatoms. The zero-order chi connectivity index (χ0) is 9.30. The third kappa shape index (κ3) is 1.23. The molecule has 0 saturated carbocycles. The Morgan fingerprint density at radius 1 is 1.50 bits per heavy atom. The smallest absolute Gasteiger partial charge is 0.101 e. The van der Waals surface area contributed by atoms with Crippen LogP contribution in [-0.2, 0) is 7.05 Å². The van der Waals surface area contributed by atoms with Crippen LogP contribution in [0.5, 0.6) is 0 Å². The zero-order valence-electron chi connectivity index (χ0n) is 8.05. The van der Waals surface area contributed by atoms with Crippen LogP contribution >= 0.6 is 0 Å². The van der Waals surface area contributed by atoms with Crippen molar-refractivity contribution in [3.63, 3.8) is 0 Å². The fourth-order valence-electron chi connectivity index (χ4n) is 1.39. The second kappa shape index (κ2) is 3.02. The van der Waals surface area contributed by atoms with Crippen molar-refractivity contribution in [2.75, 3.05) is 0 Å². The number of rotatable bonds is 1. The molecule has 12 heavy (non-hydrogen) atoms. The minimum atomic E-state index is 0.482. The Bertz CT molecular complexity index is 326. The molecule has 1 heterocycles. The van der Waals surface area contributed by atoms with E-state index in [2.05, 4.69) is 24.5 Å². The first-order valence-electron chi connectivity index (χ1n) is 4.14. The van der Waals surface area contributed by atoms with Gasteiger partial charge in [0.2, 0.25) is 0 Å². The molecule has 0 spiro atoms. The van der Waals surface area contributed by atoms with E-state index >= 15 is 0 Å². The fourth-order valence-corrected chi connectivity index (χ4v) is 1.39. The van der Waals surface area contributed by atoms with E-state index in [1.807, 2.05) is 20.0 Å². The van der Waals surface area contributed by atoms with E-state index in [-0.39, 0.29) is 0 Å². The summed E-state index contributed by atoms with van der Waals surface area (Å²) >= 11 is 0. The van der Waals surface area contributed by atoms with Crippen molar-refractivity contribution in [2.45, 2.75) is 26.7 Å². The minimum Gasteiger partial charge on any atom is -0.350 e. The molecule has 0 unspecified atom stereocenters. The SMILES string of the molecule is Cc1c(C#N)cc(C(C)C)n1C. The normalized spacial score (nSPS) is 10.3. The van der Waals surface area contributed by atoms with Crippen molar-refractivity contribution >= 4 is 0 Å². The number of hydrogen-bond acceptors (Lipinski definition) is 1. The van der Waals surface area contributed by atoms with Gasteiger partial charge in [0.25, 0.3) is 0 Å². The highest BCUT2D eigenvalue weighted by Crippen LogP contribution is 2.20. The van der Waals surface area contributed by atoms with E-state index in [9.17, 15) is 0 Å². The molecule has 0 bridgehead atoms. The van der Waals surface area contributed by atoms with E-state index in [0.717, 1.165) is 11.3 Å². The maximum atomic E-state index is 8.77. The molecule has 2 nitrogen and oxygen atoms in total. The first-order chi connectivity index (χ1) is 5.57. The lowest BCUT2D eigenvalue weighted by atomic mass is 10.1. The molecule has 0 radical (unpaired) electrons. The maximum Gasteiger partial charge on any atom is 0.101 e. The van der Waals surface area contributed by atoms with E-state index < -0.39 is 0 Å². The van der Waals surface area contributed by atoms with Gasteiger partial charge in [0.05, 0.1) is 5.56 Å². The topological polar surface area (TPSA) is 28.7 Å². The quantitative estimate of drug-likeness (QED) is 0.623. The van der Waals surface area contributed by atoms with Gasteiger partial charge in [0, 0.05) is 18.4 Å². The third-order valence-corrected chi connectivity index (χ3v) is 2.28. The van der Waals surface area contributed by atoms with Crippen LogP contribution in [0.2, 0.25) is 0 Å². The average molecular weight is 162 g/mol. The van der Waals surface area contributed by atoms with Gasteiger partial charge in [-0.25, -0.2) is 0 Å². The molecule has 1 rings (SSSR count). The van der Waals surface area contributed by atoms with Gasteiger partial charge in [-0.15, -0.1) is 0 Å². The van der Waals surface area contributed by atoms with Crippen LogP contribution in [0.4, 0.5) is 0 Å². The summed E-state index contributed by atoms with van der Waals surface area (Å²) in [4.78, 5) is 0. The largest absolute Gasteiger partial charge is 0.350 e. The first-order valence-corrected chi connectivity index (χ1v) is 4.14. The highest BCUT2D eigenvalue weighted by atomic mass is 15.0. The molecule has 0 saturated heterocycles. The number of nitriles is 1. The minimum absolute atomic E-state index is 0.482. The second-order valence-corrected chi connectivity index (χ2v) is 3.39. The summed E-state index contributed by atoms with van der Waals surface area (Å²) in [7, 11) is 2.01. The molecule has 1 aromatic rings. The highest BCUT2D eigenvalue weighted by Gasteiger charge is 2.10. The summed E-state index contributed by atoms with van der Waals surface area (Å²) in [5.41, 5.74) is 3.08. The van der Waals surface area contributed by atoms with Crippen LogP contribution in [-0.4, -0.2) is 4.57 Å². The zero-order valence-corrected chi connectivity index (χ0v) is 8.05. The predicted octanol–water partition coefficient (Wildman–Crippen LogP) is 2.33. The summed E-state index contributed by atoms with van der Waals surface area (Å²) < 4.78 is 2.09. The average Bonchev–Trinajstić information content (AvgIpc) is 2.30. The summed E-state index contributed by atoms with van der Waals surface area (Å²) in [6, 6.07) is 4.16. The van der Waals surface area contributed by atoms with Crippen LogP contribution in [0.25, 0.3) is 0 Å². The fraction of sp³-hybridized carbons (Fsp3) is 0.500. The van der Waals surface area contributed by atoms with E-state index in [4.69, 9.17) is 5.26 Å². The van der Waals surface area contributed by atoms with Gasteiger partial charge >= 0.3 is 0 Å². The molecule has 0 aliphatic heterocycles. The van der Waals surface area contributed by atoms with Crippen LogP contribution in [0.3, 0.4) is 0 Å². The van der Waals surface area contributed by atoms with Gasteiger partial charge in [-0.1, -0.05) is 13.8 Å². The standard InChI is InChI=1S/C10H14N2/c1-7(2)10-5-9(6-11)8(3)12(10)4/h5,7H,1-4H3. The van der Waals surface area contributed by atoms with Crippen molar-refractivity contribution in [1.29, 1.82) is 5.26 Å². The van der Waals surface area contributed by atoms with Gasteiger partial charge in [0.15, 0.2) is 0 Å². The molecule has 0 aliphatic carbocycles. The maximum absolute atomic E-state index is 8.77. The second-order valence-electron chi connectivity index (χ2n) is 3.39. The van der Waals surface area contributed by atoms with Gasteiger partial charge in [-0.3, -0.25) is 0 Å². The summed E-state index contributed by atoms with van der Waals surface area (Å²) in [5, 5.41) is 8.77. The van der Waals surface area contributed by atoms with Crippen LogP contribution in [0, 0.1) is 18.3 Å². The van der Waals surface area contributed by atoms with Crippen molar-refractivity contribution in [2.24, 2.45) is 7.05 Å². The monoisotopic (exact) mass is 162 g/mol. The van der Waals surface area contributed by atoms with Crippen molar-refractivity contribution in [3.05, 3.63) is 23.0 Å². The molecule has 0 atom stereocenters. The first kappa shape index (κ1) is 8.86. The highest BCUT2D eigenvalue weighted by molar-refractivity contribution is 5.38. The van der Waals surface area contributed by atoms with E-state index in [1.165, 1.54) is 5.69 Å². The molecular formula is C10H14N2. The summed E-state index contributed by atoms with van der Waals surface area (Å²) in [6.07, 6.45) is 0. The molecule has 0 aromatic carbocycles. The lowest BCUT2D eigenvalue weighted by molar-refractivity contribution is 0.726. The Hall–Kier alpha value is -1.23. The Balaban J connectivity index is 3.27. The van der Waals surface area contributed by atoms with Gasteiger partial charge in [-0.2, -0.15) is 5.26 Å². The van der Waals surface area contributed by atoms with Crippen LogP contribution < -0.4 is 0 Å². The molecular weight excluding hydrogens is 148 g/mol. The number of nitrogens with zero attached hydrogens (tertiary/aromatic N) is 2. The van der Waals surface area contributed by atoms with E-state index in [1.54, 1.807) is 0 Å². The molecule has 0 fully saturated rings. The third-order valence-electron chi connectivity index (χ3n) is 2.28. The van der Waals surface area contributed by atoms with Crippen molar-refractivity contribution in [1.82, 2.24) is 4.57 Å². The Morgan fingerprint density at radius 3 is 2.33 bits per heavy atom. The number of hydrogen-bond donors (Lipinski definition) is 0. The lowest BCUT2D eigenvalue weighted by Crippen LogP contribution is -1.99. The molecule has 0 aliphatic rings. The van der Waals surface area contributed by atoms with Crippen LogP contribution in [0.1, 0.15) is 36.7 Å². The Labute approximate surface area is 73.4 Å². The molecule has 64 valence electrons. The lowest BCUT2D eigenvalue weighted by Gasteiger charge is -2.07. The van der Waals surface area contributed by atoms with E-state index in [0.29, 0.717) is 5.92 Å². The van der Waals surface area contributed by atoms with Gasteiger partial charge in [-0.05, 0) is 18.9 Å². The Morgan fingerprint density at radius 2 is 2.08 bits per heavy atom. The Kier molecular flexibility index (Phi) is 2.23. The van der Waals surface area contributed by atoms with Crippen molar-refractivity contribution < 1.29 is 0 Å². The van der Waals surface area contributed by atoms with Crippen LogP contribution in [0.15, 0.2) is 6.07 Å². The number of aromatic nitrogens is 1. The van der Waals surface area contributed by atoms with Gasteiger partial charge < -0.3 is 4.57 Å². The molecule has 1 aromatic heterocycles.